The molecule has 1 aliphatic rings. The van der Waals surface area contributed by atoms with Crippen LogP contribution in [0.2, 0.25) is 0 Å². The molecule has 4 aromatic rings. The van der Waals surface area contributed by atoms with Crippen LogP contribution in [-0.4, -0.2) is 41.3 Å². The predicted octanol–water partition coefficient (Wildman–Crippen LogP) is 5.04. The quantitative estimate of drug-likeness (QED) is 0.253. The summed E-state index contributed by atoms with van der Waals surface area (Å²) >= 11 is -1.38. The van der Waals surface area contributed by atoms with E-state index >= 15 is 0 Å². The molecule has 2 heterocycles. The molecule has 13 heteroatoms. The van der Waals surface area contributed by atoms with E-state index < -0.39 is 17.1 Å². The summed E-state index contributed by atoms with van der Waals surface area (Å²) in [7, 11) is 0. The number of carbonyl (C=O) groups is 2. The molecule has 202 valence electrons. The standard InChI is InChI=1S/C26H27N7O4S2/c34-24(28-25-29-31-32-30-25)20-8-6-17(7-9-20)16-33(26(35)27-22-14-15-23(38-22)39(36)37)21-12-10-19(11-13-21)18-4-2-1-3-5-18/h6-15,18H,1-5,16H2,(H,27,35)(H,36,37)(H2,28,29,30,31,32,34)/p-1. The number of hydrogen-bond donors (Lipinski definition) is 3. The Bertz CT molecular complexity index is 1430. The molecule has 39 heavy (non-hydrogen) atoms. The second-order valence-corrected chi connectivity index (χ2v) is 11.4. The van der Waals surface area contributed by atoms with Crippen LogP contribution in [0.15, 0.2) is 64.9 Å². The van der Waals surface area contributed by atoms with Crippen LogP contribution in [0.5, 0.6) is 0 Å². The lowest BCUT2D eigenvalue weighted by atomic mass is 9.84. The number of benzene rings is 2. The molecule has 3 amide bonds. The fourth-order valence-electron chi connectivity index (χ4n) is 4.63. The number of amides is 3. The minimum absolute atomic E-state index is 0.0705. The molecule has 3 N–H and O–H groups in total. The van der Waals surface area contributed by atoms with Gasteiger partial charge < -0.3 is 4.55 Å². The maximum Gasteiger partial charge on any atom is 0.327 e. The smallest absolute Gasteiger partial charge is 0.327 e. The van der Waals surface area contributed by atoms with Gasteiger partial charge in [-0.25, -0.2) is 4.79 Å². The molecule has 2 aromatic carbocycles. The normalized spacial score (nSPS) is 14.5. The summed E-state index contributed by atoms with van der Waals surface area (Å²) in [6.45, 7) is 0.229. The lowest BCUT2D eigenvalue weighted by Gasteiger charge is -2.25. The summed E-state index contributed by atoms with van der Waals surface area (Å²) in [6, 6.07) is 17.5. The number of carbonyl (C=O) groups excluding carboxylic acids is 2. The van der Waals surface area contributed by atoms with Crippen LogP contribution in [0.25, 0.3) is 0 Å². The van der Waals surface area contributed by atoms with E-state index in [0.29, 0.717) is 22.2 Å². The topological polar surface area (TPSA) is 156 Å². The fourth-order valence-corrected chi connectivity index (χ4v) is 5.97. The van der Waals surface area contributed by atoms with Crippen molar-refractivity contribution in [3.05, 3.63) is 77.4 Å². The largest absolute Gasteiger partial charge is 0.768 e. The highest BCUT2D eigenvalue weighted by molar-refractivity contribution is 7.81. The Balaban J connectivity index is 1.34. The Kier molecular flexibility index (Phi) is 8.39. The van der Waals surface area contributed by atoms with Crippen LogP contribution >= 0.6 is 11.3 Å². The van der Waals surface area contributed by atoms with E-state index in [4.69, 9.17) is 0 Å². The van der Waals surface area contributed by atoms with Crippen molar-refractivity contribution in [2.75, 3.05) is 15.5 Å². The predicted molar refractivity (Wildman–Crippen MR) is 148 cm³/mol. The molecular weight excluding hydrogens is 538 g/mol. The van der Waals surface area contributed by atoms with Gasteiger partial charge in [0, 0.05) is 11.3 Å². The van der Waals surface area contributed by atoms with Gasteiger partial charge in [0.1, 0.15) is 0 Å². The Morgan fingerprint density at radius 1 is 1.00 bits per heavy atom. The van der Waals surface area contributed by atoms with Gasteiger partial charge in [-0.1, -0.05) is 48.6 Å². The Morgan fingerprint density at radius 3 is 2.38 bits per heavy atom. The average molecular weight is 565 g/mol. The van der Waals surface area contributed by atoms with E-state index in [-0.39, 0.29) is 22.6 Å². The average Bonchev–Trinajstić information content (AvgIpc) is 3.65. The zero-order valence-corrected chi connectivity index (χ0v) is 22.5. The highest BCUT2D eigenvalue weighted by Crippen LogP contribution is 2.34. The van der Waals surface area contributed by atoms with Crippen LogP contribution in [0, 0.1) is 0 Å². The third-order valence-electron chi connectivity index (χ3n) is 6.63. The van der Waals surface area contributed by atoms with Crippen molar-refractivity contribution < 1.29 is 18.4 Å². The van der Waals surface area contributed by atoms with E-state index in [0.717, 1.165) is 16.9 Å². The zero-order valence-electron chi connectivity index (χ0n) is 20.8. The van der Waals surface area contributed by atoms with Gasteiger partial charge in [0.2, 0.25) is 0 Å². The molecule has 1 atom stereocenters. The molecule has 1 aliphatic carbocycles. The van der Waals surface area contributed by atoms with Crippen molar-refractivity contribution in [3.8, 4) is 0 Å². The van der Waals surface area contributed by atoms with E-state index in [1.54, 1.807) is 35.2 Å². The molecular formula is C26H26N7O4S2-. The van der Waals surface area contributed by atoms with E-state index in [1.165, 1.54) is 43.7 Å². The number of anilines is 3. The number of nitrogens with one attached hydrogen (secondary N) is 3. The number of H-pyrrole nitrogens is 1. The number of rotatable bonds is 8. The molecule has 0 saturated heterocycles. The number of aromatic nitrogens is 4. The Morgan fingerprint density at radius 2 is 1.74 bits per heavy atom. The molecule has 5 rings (SSSR count). The van der Waals surface area contributed by atoms with Crippen LogP contribution in [0.3, 0.4) is 0 Å². The van der Waals surface area contributed by atoms with Crippen molar-refractivity contribution >= 4 is 51.0 Å². The monoisotopic (exact) mass is 564 g/mol. The first-order valence-electron chi connectivity index (χ1n) is 12.5. The zero-order chi connectivity index (χ0) is 27.2. The van der Waals surface area contributed by atoms with Crippen LogP contribution in [-0.2, 0) is 17.6 Å². The first kappa shape index (κ1) is 26.7. The maximum atomic E-state index is 13.4. The first-order valence-corrected chi connectivity index (χ1v) is 14.4. The Labute approximate surface area is 231 Å². The van der Waals surface area contributed by atoms with Crippen molar-refractivity contribution in [1.82, 2.24) is 20.6 Å². The second-order valence-electron chi connectivity index (χ2n) is 9.18. The van der Waals surface area contributed by atoms with Gasteiger partial charge in [-0.15, -0.1) is 16.4 Å². The highest BCUT2D eigenvalue weighted by atomic mass is 32.2. The SMILES string of the molecule is O=C(Nc1nn[nH]n1)c1ccc(CN(C(=O)Nc2ccc(S(=O)[O-])s2)c2ccc(C3CCCCC3)cc2)cc1. The van der Waals surface area contributed by atoms with E-state index in [1.807, 2.05) is 12.1 Å². The van der Waals surface area contributed by atoms with Crippen molar-refractivity contribution in [2.24, 2.45) is 0 Å². The number of aromatic amines is 1. The lowest BCUT2D eigenvalue weighted by molar-refractivity contribution is 0.102. The third kappa shape index (κ3) is 6.74. The fraction of sp³-hybridized carbons (Fsp3) is 0.269. The minimum Gasteiger partial charge on any atom is -0.768 e. The molecule has 0 radical (unpaired) electrons. The van der Waals surface area contributed by atoms with Crippen molar-refractivity contribution in [2.45, 2.75) is 48.8 Å². The number of urea groups is 1. The number of nitrogens with zero attached hydrogens (tertiary/aromatic N) is 4. The van der Waals surface area contributed by atoms with Gasteiger partial charge in [-0.2, -0.15) is 5.21 Å². The molecule has 1 unspecified atom stereocenters. The maximum absolute atomic E-state index is 13.4. The third-order valence-corrected chi connectivity index (χ3v) is 8.55. The van der Waals surface area contributed by atoms with Gasteiger partial charge in [0.05, 0.1) is 15.8 Å². The van der Waals surface area contributed by atoms with Crippen LogP contribution < -0.4 is 15.5 Å². The molecule has 1 saturated carbocycles. The molecule has 0 spiro atoms. The van der Waals surface area contributed by atoms with Gasteiger partial charge in [0.25, 0.3) is 11.9 Å². The summed E-state index contributed by atoms with van der Waals surface area (Å²) in [5.41, 5.74) is 3.17. The minimum atomic E-state index is -2.37. The highest BCUT2D eigenvalue weighted by Gasteiger charge is 2.20. The van der Waals surface area contributed by atoms with E-state index in [9.17, 15) is 18.4 Å². The summed E-state index contributed by atoms with van der Waals surface area (Å²) in [6.07, 6.45) is 6.11. The molecule has 1 fully saturated rings. The lowest BCUT2D eigenvalue weighted by Crippen LogP contribution is -2.34. The van der Waals surface area contributed by atoms with Gasteiger partial charge in [-0.3, -0.25) is 24.5 Å². The molecule has 2 aromatic heterocycles. The van der Waals surface area contributed by atoms with Crippen molar-refractivity contribution in [1.29, 1.82) is 0 Å². The summed E-state index contributed by atoms with van der Waals surface area (Å²) < 4.78 is 22.7. The molecule has 11 nitrogen and oxygen atoms in total. The van der Waals surface area contributed by atoms with Gasteiger partial charge >= 0.3 is 6.03 Å². The first-order chi connectivity index (χ1) is 19.0. The molecule has 0 aliphatic heterocycles. The summed E-state index contributed by atoms with van der Waals surface area (Å²) in [5.74, 6) is 0.222. The molecule has 0 bridgehead atoms. The number of tetrazole rings is 1. The summed E-state index contributed by atoms with van der Waals surface area (Å²) in [5, 5.41) is 18.9. The van der Waals surface area contributed by atoms with Crippen LogP contribution in [0.4, 0.5) is 21.4 Å². The van der Waals surface area contributed by atoms with Gasteiger partial charge in [0.15, 0.2) is 0 Å². The van der Waals surface area contributed by atoms with E-state index in [2.05, 4.69) is 43.4 Å². The van der Waals surface area contributed by atoms with Gasteiger partial charge in [-0.05, 0) is 82.6 Å². The summed E-state index contributed by atoms with van der Waals surface area (Å²) in [4.78, 5) is 27.4. The van der Waals surface area contributed by atoms with Crippen molar-refractivity contribution in [3.63, 3.8) is 0 Å². The number of thiophene rings is 1. The van der Waals surface area contributed by atoms with Crippen LogP contribution in [0.1, 0.15) is 59.5 Å². The number of hydrogen-bond acceptors (Lipinski definition) is 8. The second kappa shape index (κ2) is 12.3. The Hall–Kier alpha value is -3.94.